The molecule has 12 heteroatoms. The molecule has 5 rings (SSSR count). The topological polar surface area (TPSA) is 131 Å². The van der Waals surface area contributed by atoms with E-state index in [1.165, 1.54) is 0 Å². The number of nitrogens with zero attached hydrogens (tertiary/aromatic N) is 4. The molecule has 0 amide bonds. The Hall–Kier alpha value is -3.90. The van der Waals surface area contributed by atoms with E-state index < -0.39 is 10.0 Å². The first-order valence-electron chi connectivity index (χ1n) is 12.6. The van der Waals surface area contributed by atoms with Gasteiger partial charge in [0.1, 0.15) is 28.7 Å². The largest absolute Gasteiger partial charge is 0.493 e. The maximum atomic E-state index is 13.5. The van der Waals surface area contributed by atoms with Gasteiger partial charge in [-0.15, -0.1) is 5.10 Å². The summed E-state index contributed by atoms with van der Waals surface area (Å²) in [6.45, 7) is 3.64. The molecular formula is C27H31N5O6S. The lowest BCUT2D eigenvalue weighted by Gasteiger charge is -2.16. The highest BCUT2D eigenvalue weighted by Gasteiger charge is 2.27. The summed E-state index contributed by atoms with van der Waals surface area (Å²) in [6, 6.07) is 10.4. The zero-order valence-corrected chi connectivity index (χ0v) is 23.1. The molecule has 0 spiro atoms. The van der Waals surface area contributed by atoms with Gasteiger partial charge in [-0.3, -0.25) is 0 Å². The first kappa shape index (κ1) is 26.7. The van der Waals surface area contributed by atoms with Crippen LogP contribution in [0.25, 0.3) is 16.8 Å². The smallest absolute Gasteiger partial charge is 0.244 e. The molecule has 0 aliphatic heterocycles. The van der Waals surface area contributed by atoms with Crippen molar-refractivity contribution in [3.05, 3.63) is 59.7 Å². The van der Waals surface area contributed by atoms with E-state index >= 15 is 0 Å². The zero-order chi connectivity index (χ0) is 27.6. The number of methoxy groups -OCH3 is 2. The third-order valence-electron chi connectivity index (χ3n) is 6.78. The number of rotatable bonds is 10. The minimum Gasteiger partial charge on any atom is -0.493 e. The second-order valence-corrected chi connectivity index (χ2v) is 11.1. The molecule has 1 aliphatic rings. The molecule has 0 bridgehead atoms. The van der Waals surface area contributed by atoms with Crippen molar-refractivity contribution in [1.29, 1.82) is 0 Å². The maximum Gasteiger partial charge on any atom is 0.244 e. The minimum atomic E-state index is -3.86. The lowest BCUT2D eigenvalue weighted by molar-refractivity contribution is 0.293. The number of hydrogen-bond donors (Lipinski definition) is 1. The fourth-order valence-corrected chi connectivity index (χ4v) is 6.30. The van der Waals surface area contributed by atoms with Gasteiger partial charge in [0.05, 0.1) is 31.8 Å². The third kappa shape index (κ3) is 5.62. The van der Waals surface area contributed by atoms with Gasteiger partial charge in [0, 0.05) is 17.7 Å². The van der Waals surface area contributed by atoms with Crippen molar-refractivity contribution in [2.24, 2.45) is 0 Å². The summed E-state index contributed by atoms with van der Waals surface area (Å²) in [6.07, 6.45) is 5.36. The molecule has 2 aromatic carbocycles. The van der Waals surface area contributed by atoms with Gasteiger partial charge in [-0.25, -0.2) is 17.8 Å². The van der Waals surface area contributed by atoms with Gasteiger partial charge >= 0.3 is 0 Å². The zero-order valence-electron chi connectivity index (χ0n) is 22.3. The van der Waals surface area contributed by atoms with Crippen LogP contribution in [-0.4, -0.2) is 48.8 Å². The van der Waals surface area contributed by atoms with Crippen LogP contribution in [0.1, 0.15) is 42.8 Å². The van der Waals surface area contributed by atoms with Crippen LogP contribution in [0.15, 0.2) is 52.0 Å². The lowest BCUT2D eigenvalue weighted by atomic mass is 10.0. The molecular weight excluding hydrogens is 522 g/mol. The number of benzene rings is 2. The average molecular weight is 554 g/mol. The first-order chi connectivity index (χ1) is 18.8. The normalized spacial score (nSPS) is 14.1. The molecule has 1 aliphatic carbocycles. The van der Waals surface area contributed by atoms with Gasteiger partial charge in [0.2, 0.25) is 10.0 Å². The van der Waals surface area contributed by atoms with Gasteiger partial charge in [-0.2, -0.15) is 0 Å². The van der Waals surface area contributed by atoms with Gasteiger partial charge in [0.25, 0.3) is 0 Å². The Labute approximate surface area is 227 Å². The minimum absolute atomic E-state index is 0.0178. The van der Waals surface area contributed by atoms with Crippen molar-refractivity contribution in [2.45, 2.75) is 57.1 Å². The molecule has 1 saturated carbocycles. The summed E-state index contributed by atoms with van der Waals surface area (Å²) in [5.74, 6) is 1.99. The molecule has 0 radical (unpaired) electrons. The van der Waals surface area contributed by atoms with Crippen LogP contribution in [0.4, 0.5) is 0 Å². The second-order valence-electron chi connectivity index (χ2n) is 9.45. The molecule has 39 heavy (non-hydrogen) atoms. The van der Waals surface area contributed by atoms with E-state index in [9.17, 15) is 8.42 Å². The van der Waals surface area contributed by atoms with E-state index in [4.69, 9.17) is 18.7 Å². The van der Waals surface area contributed by atoms with Crippen LogP contribution < -0.4 is 18.9 Å². The number of hydrogen-bond acceptors (Lipinski definition) is 9. The Morgan fingerprint density at radius 1 is 1.03 bits per heavy atom. The second kappa shape index (κ2) is 11.1. The summed E-state index contributed by atoms with van der Waals surface area (Å²) in [5.41, 5.74) is 3.37. The predicted octanol–water partition coefficient (Wildman–Crippen LogP) is 4.36. The van der Waals surface area contributed by atoms with Gasteiger partial charge in [-0.1, -0.05) is 29.3 Å². The van der Waals surface area contributed by atoms with E-state index in [0.29, 0.717) is 34.2 Å². The van der Waals surface area contributed by atoms with Crippen molar-refractivity contribution in [3.8, 4) is 34.1 Å². The van der Waals surface area contributed by atoms with E-state index in [1.54, 1.807) is 62.4 Å². The monoisotopic (exact) mass is 553 g/mol. The Balaban J connectivity index is 1.42. The van der Waals surface area contributed by atoms with E-state index in [2.05, 4.69) is 20.2 Å². The fraction of sp³-hybridized carbons (Fsp3) is 0.370. The van der Waals surface area contributed by atoms with Crippen LogP contribution in [0.2, 0.25) is 0 Å². The quantitative estimate of drug-likeness (QED) is 0.304. The van der Waals surface area contributed by atoms with Crippen molar-refractivity contribution in [3.63, 3.8) is 0 Å². The molecule has 4 aromatic rings. The highest BCUT2D eigenvalue weighted by Crippen LogP contribution is 2.34. The lowest BCUT2D eigenvalue weighted by Crippen LogP contribution is -2.33. The van der Waals surface area contributed by atoms with Crippen LogP contribution in [0.3, 0.4) is 0 Å². The van der Waals surface area contributed by atoms with Gasteiger partial charge in [0.15, 0.2) is 11.5 Å². The summed E-state index contributed by atoms with van der Waals surface area (Å²) in [7, 11) is -0.731. The van der Waals surface area contributed by atoms with Gasteiger partial charge in [-0.05, 0) is 56.5 Å². The van der Waals surface area contributed by atoms with Gasteiger partial charge < -0.3 is 18.7 Å². The third-order valence-corrected chi connectivity index (χ3v) is 8.32. The summed E-state index contributed by atoms with van der Waals surface area (Å²) >= 11 is 0. The Morgan fingerprint density at radius 3 is 2.46 bits per heavy atom. The molecule has 0 unspecified atom stereocenters. The van der Waals surface area contributed by atoms with E-state index in [1.807, 2.05) is 13.0 Å². The molecule has 2 aromatic heterocycles. The molecule has 0 atom stereocenters. The highest BCUT2D eigenvalue weighted by atomic mass is 32.2. The van der Waals surface area contributed by atoms with Crippen LogP contribution in [-0.2, 0) is 16.6 Å². The fourth-order valence-electron chi connectivity index (χ4n) is 4.82. The van der Waals surface area contributed by atoms with Crippen LogP contribution in [0.5, 0.6) is 17.2 Å². The standard InChI is InChI=1S/C27H31N5O6S/c1-17-27(18(2)38-29-17)19-9-11-24(26(13-19)39(33,34)30-20-7-5-6-8-20)37-16-21-15-32(31-28-21)22-10-12-23(35-3)25(14-22)36-4/h9-15,20,30H,5-8,16H2,1-4H3. The summed E-state index contributed by atoms with van der Waals surface area (Å²) in [5, 5.41) is 12.4. The Morgan fingerprint density at radius 2 is 1.77 bits per heavy atom. The van der Waals surface area contributed by atoms with Crippen LogP contribution in [0, 0.1) is 13.8 Å². The number of nitrogens with one attached hydrogen (secondary N) is 1. The summed E-state index contributed by atoms with van der Waals surface area (Å²) in [4.78, 5) is 0.0548. The van der Waals surface area contributed by atoms with E-state index in [-0.39, 0.29) is 23.3 Å². The van der Waals surface area contributed by atoms with E-state index in [0.717, 1.165) is 36.9 Å². The Bertz CT molecular complexity index is 1550. The molecule has 206 valence electrons. The SMILES string of the molecule is COc1ccc(-n2cc(COc3ccc(-c4c(C)noc4C)cc3S(=O)(=O)NC3CCCC3)nn2)cc1OC. The number of sulfonamides is 1. The molecule has 11 nitrogen and oxygen atoms in total. The molecule has 2 heterocycles. The molecule has 1 fully saturated rings. The van der Waals surface area contributed by atoms with Crippen LogP contribution >= 0.6 is 0 Å². The number of aryl methyl sites for hydroxylation is 2. The molecule has 0 saturated heterocycles. The van der Waals surface area contributed by atoms with Crippen molar-refractivity contribution in [2.75, 3.05) is 14.2 Å². The average Bonchev–Trinajstić information content (AvgIpc) is 3.69. The number of ether oxygens (including phenoxy) is 3. The highest BCUT2D eigenvalue weighted by molar-refractivity contribution is 7.89. The van der Waals surface area contributed by atoms with Crippen molar-refractivity contribution < 1.29 is 27.2 Å². The molecule has 1 N–H and O–H groups in total. The first-order valence-corrected chi connectivity index (χ1v) is 14.1. The number of aromatic nitrogens is 4. The predicted molar refractivity (Wildman–Crippen MR) is 143 cm³/mol. The van der Waals surface area contributed by atoms with Crippen molar-refractivity contribution in [1.82, 2.24) is 24.9 Å². The summed E-state index contributed by atoms with van der Waals surface area (Å²) < 4.78 is 53.5. The Kier molecular flexibility index (Phi) is 7.58. The van der Waals surface area contributed by atoms with Crippen molar-refractivity contribution >= 4 is 10.0 Å². The maximum absolute atomic E-state index is 13.5.